The molecule has 1 aromatic heterocycles. The van der Waals surface area contributed by atoms with Crippen molar-refractivity contribution in [1.29, 1.82) is 0 Å². The fourth-order valence-corrected chi connectivity index (χ4v) is 1.61. The van der Waals surface area contributed by atoms with Crippen LogP contribution in [0, 0.1) is 5.82 Å². The molecule has 0 spiro atoms. The largest absolute Gasteiger partial charge is 0.365 e. The minimum absolute atomic E-state index is 0.216. The van der Waals surface area contributed by atoms with Crippen LogP contribution in [0.1, 0.15) is 46.5 Å². The van der Waals surface area contributed by atoms with Crippen LogP contribution in [0.5, 0.6) is 0 Å². The lowest BCUT2D eigenvalue weighted by atomic mass is 10.1. The Morgan fingerprint density at radius 3 is 2.78 bits per heavy atom. The molecule has 0 aliphatic heterocycles. The Labute approximate surface area is 108 Å². The maximum Gasteiger partial charge on any atom is 0.224 e. The van der Waals surface area contributed by atoms with Gasteiger partial charge in [-0.05, 0) is 19.8 Å². The molecule has 102 valence electrons. The number of aromatic nitrogens is 2. The lowest BCUT2D eigenvalue weighted by Gasteiger charge is -2.15. The van der Waals surface area contributed by atoms with Crippen LogP contribution in [-0.2, 0) is 0 Å². The summed E-state index contributed by atoms with van der Waals surface area (Å²) in [5, 5.41) is 6.15. The molecule has 0 saturated heterocycles. The third-order valence-electron chi connectivity index (χ3n) is 2.65. The van der Waals surface area contributed by atoms with Gasteiger partial charge < -0.3 is 10.6 Å². The van der Waals surface area contributed by atoms with Crippen molar-refractivity contribution >= 4 is 11.8 Å². The fourth-order valence-electron chi connectivity index (χ4n) is 1.61. The second-order valence-corrected chi connectivity index (χ2v) is 4.50. The van der Waals surface area contributed by atoms with Crippen LogP contribution in [0.25, 0.3) is 0 Å². The summed E-state index contributed by atoms with van der Waals surface area (Å²) in [5.41, 5.74) is 0. The van der Waals surface area contributed by atoms with E-state index in [1.165, 1.54) is 6.20 Å². The van der Waals surface area contributed by atoms with Gasteiger partial charge in [-0.3, -0.25) is 0 Å². The Morgan fingerprint density at radius 1 is 1.33 bits per heavy atom. The summed E-state index contributed by atoms with van der Waals surface area (Å²) in [6.07, 6.45) is 5.47. The van der Waals surface area contributed by atoms with E-state index in [1.54, 1.807) is 0 Å². The molecule has 0 aliphatic carbocycles. The molecule has 2 N–H and O–H groups in total. The van der Waals surface area contributed by atoms with Crippen LogP contribution in [-0.4, -0.2) is 22.6 Å². The van der Waals surface area contributed by atoms with Crippen molar-refractivity contribution in [3.05, 3.63) is 12.0 Å². The van der Waals surface area contributed by atoms with Crippen LogP contribution in [0.4, 0.5) is 16.2 Å². The van der Waals surface area contributed by atoms with E-state index in [9.17, 15) is 4.39 Å². The predicted octanol–water partition coefficient (Wildman–Crippen LogP) is 3.43. The standard InChI is InChI=1S/C13H23FN4/c1-4-6-7-10(3)17-12-11(14)9-16-13(18-12)15-8-5-2/h9-10H,4-8H2,1-3H3,(H2,15,16,17,18). The summed E-state index contributed by atoms with van der Waals surface area (Å²) in [5.74, 6) is 0.357. The molecule has 0 aromatic carbocycles. The van der Waals surface area contributed by atoms with Gasteiger partial charge in [-0.25, -0.2) is 9.37 Å². The molecule has 0 bridgehead atoms. The van der Waals surface area contributed by atoms with Gasteiger partial charge in [0.1, 0.15) is 0 Å². The average molecular weight is 254 g/mol. The zero-order chi connectivity index (χ0) is 13.4. The monoisotopic (exact) mass is 254 g/mol. The number of rotatable bonds is 8. The van der Waals surface area contributed by atoms with Crippen molar-refractivity contribution < 1.29 is 4.39 Å². The van der Waals surface area contributed by atoms with Crippen LogP contribution < -0.4 is 10.6 Å². The number of unbranched alkanes of at least 4 members (excludes halogenated alkanes) is 1. The minimum Gasteiger partial charge on any atom is -0.365 e. The number of hydrogen-bond donors (Lipinski definition) is 2. The van der Waals surface area contributed by atoms with Gasteiger partial charge in [0.2, 0.25) is 5.95 Å². The molecule has 4 nitrogen and oxygen atoms in total. The Kier molecular flexibility index (Phi) is 6.39. The zero-order valence-electron chi connectivity index (χ0n) is 11.5. The first kappa shape index (κ1) is 14.7. The highest BCUT2D eigenvalue weighted by atomic mass is 19.1. The maximum atomic E-state index is 13.6. The van der Waals surface area contributed by atoms with E-state index < -0.39 is 5.82 Å². The third-order valence-corrected chi connectivity index (χ3v) is 2.65. The number of nitrogens with one attached hydrogen (secondary N) is 2. The topological polar surface area (TPSA) is 49.8 Å². The third kappa shape index (κ3) is 4.85. The highest BCUT2D eigenvalue weighted by Gasteiger charge is 2.09. The second-order valence-electron chi connectivity index (χ2n) is 4.50. The normalized spacial score (nSPS) is 12.2. The summed E-state index contributed by atoms with van der Waals surface area (Å²) in [7, 11) is 0. The summed E-state index contributed by atoms with van der Waals surface area (Å²) >= 11 is 0. The van der Waals surface area contributed by atoms with E-state index in [0.29, 0.717) is 5.95 Å². The molecule has 0 saturated carbocycles. The Bertz CT molecular complexity index is 357. The van der Waals surface area contributed by atoms with E-state index in [2.05, 4.69) is 34.4 Å². The molecule has 0 aliphatic rings. The highest BCUT2D eigenvalue weighted by molar-refractivity contribution is 5.41. The summed E-state index contributed by atoms with van der Waals surface area (Å²) in [6.45, 7) is 7.03. The van der Waals surface area contributed by atoms with Crippen molar-refractivity contribution in [3.8, 4) is 0 Å². The van der Waals surface area contributed by atoms with Crippen LogP contribution in [0.3, 0.4) is 0 Å². The van der Waals surface area contributed by atoms with Gasteiger partial charge in [0.05, 0.1) is 6.20 Å². The molecule has 1 aromatic rings. The molecule has 1 heterocycles. The molecular formula is C13H23FN4. The molecule has 1 atom stereocenters. The van der Waals surface area contributed by atoms with Crippen molar-refractivity contribution in [2.75, 3.05) is 17.2 Å². The van der Waals surface area contributed by atoms with E-state index in [4.69, 9.17) is 0 Å². The Hall–Kier alpha value is -1.39. The zero-order valence-corrected chi connectivity index (χ0v) is 11.5. The SMILES string of the molecule is CCCCC(C)Nc1nc(NCCC)ncc1F. The first-order valence-electron chi connectivity index (χ1n) is 6.70. The Balaban J connectivity index is 2.62. The van der Waals surface area contributed by atoms with E-state index in [1.807, 2.05) is 6.92 Å². The molecule has 5 heteroatoms. The molecule has 1 unspecified atom stereocenters. The van der Waals surface area contributed by atoms with Gasteiger partial charge in [-0.15, -0.1) is 0 Å². The second kappa shape index (κ2) is 7.84. The quantitative estimate of drug-likeness (QED) is 0.746. The first-order valence-corrected chi connectivity index (χ1v) is 6.70. The molecule has 18 heavy (non-hydrogen) atoms. The highest BCUT2D eigenvalue weighted by Crippen LogP contribution is 2.14. The summed E-state index contributed by atoms with van der Waals surface area (Å²) < 4.78 is 13.6. The van der Waals surface area contributed by atoms with Crippen molar-refractivity contribution in [1.82, 2.24) is 9.97 Å². The van der Waals surface area contributed by atoms with E-state index >= 15 is 0 Å². The lowest BCUT2D eigenvalue weighted by molar-refractivity contribution is 0.600. The number of nitrogens with zero attached hydrogens (tertiary/aromatic N) is 2. The van der Waals surface area contributed by atoms with Crippen LogP contribution >= 0.6 is 0 Å². The van der Waals surface area contributed by atoms with Crippen molar-refractivity contribution in [3.63, 3.8) is 0 Å². The Morgan fingerprint density at radius 2 is 2.11 bits per heavy atom. The van der Waals surface area contributed by atoms with Crippen molar-refractivity contribution in [2.24, 2.45) is 0 Å². The minimum atomic E-state index is -0.402. The smallest absolute Gasteiger partial charge is 0.224 e. The van der Waals surface area contributed by atoms with Gasteiger partial charge >= 0.3 is 0 Å². The van der Waals surface area contributed by atoms with Gasteiger partial charge in [-0.2, -0.15) is 4.98 Å². The van der Waals surface area contributed by atoms with Crippen molar-refractivity contribution in [2.45, 2.75) is 52.5 Å². The van der Waals surface area contributed by atoms with Crippen LogP contribution in [0.2, 0.25) is 0 Å². The molecule has 0 radical (unpaired) electrons. The van der Waals surface area contributed by atoms with E-state index in [-0.39, 0.29) is 11.9 Å². The predicted molar refractivity (Wildman–Crippen MR) is 73.4 cm³/mol. The maximum absolute atomic E-state index is 13.6. The summed E-state index contributed by atoms with van der Waals surface area (Å²) in [6, 6.07) is 0.216. The van der Waals surface area contributed by atoms with E-state index in [0.717, 1.165) is 32.2 Å². The van der Waals surface area contributed by atoms with Gasteiger partial charge in [0, 0.05) is 12.6 Å². The molecule has 0 amide bonds. The fraction of sp³-hybridized carbons (Fsp3) is 0.692. The summed E-state index contributed by atoms with van der Waals surface area (Å²) in [4.78, 5) is 8.06. The van der Waals surface area contributed by atoms with Crippen LogP contribution in [0.15, 0.2) is 6.20 Å². The lowest BCUT2D eigenvalue weighted by Crippen LogP contribution is -2.18. The number of halogens is 1. The number of hydrogen-bond acceptors (Lipinski definition) is 4. The number of anilines is 2. The van der Waals surface area contributed by atoms with Gasteiger partial charge in [0.15, 0.2) is 11.6 Å². The van der Waals surface area contributed by atoms with Gasteiger partial charge in [0.25, 0.3) is 0 Å². The molecule has 1 rings (SSSR count). The molecular weight excluding hydrogens is 231 g/mol. The average Bonchev–Trinajstić information content (AvgIpc) is 2.37. The first-order chi connectivity index (χ1) is 8.67. The van der Waals surface area contributed by atoms with Gasteiger partial charge in [-0.1, -0.05) is 26.7 Å². The molecule has 0 fully saturated rings.